The molecule has 0 unspecified atom stereocenters. The third-order valence-corrected chi connectivity index (χ3v) is 6.56. The fourth-order valence-electron chi connectivity index (χ4n) is 3.10. The van der Waals surface area contributed by atoms with E-state index in [0.29, 0.717) is 17.5 Å². The van der Waals surface area contributed by atoms with Crippen molar-refractivity contribution >= 4 is 28.5 Å². The van der Waals surface area contributed by atoms with Crippen LogP contribution in [0.5, 0.6) is 0 Å². The molecule has 0 saturated heterocycles. The number of rotatable bonds is 6. The van der Waals surface area contributed by atoms with E-state index in [2.05, 4.69) is 21.4 Å². The van der Waals surface area contributed by atoms with Crippen molar-refractivity contribution in [2.45, 2.75) is 26.7 Å². The van der Waals surface area contributed by atoms with Crippen LogP contribution in [0.1, 0.15) is 42.9 Å². The molecule has 0 aliphatic carbocycles. The van der Waals surface area contributed by atoms with Crippen LogP contribution in [0.15, 0.2) is 48.0 Å². The van der Waals surface area contributed by atoms with Gasteiger partial charge in [-0.3, -0.25) is 9.78 Å². The molecule has 4 aromatic rings. The molecule has 0 atom stereocenters. The Labute approximate surface area is 182 Å². The predicted molar refractivity (Wildman–Crippen MR) is 119 cm³/mol. The second-order valence-corrected chi connectivity index (χ2v) is 9.04. The molecule has 0 radical (unpaired) electrons. The maximum atomic E-state index is 12.5. The Morgan fingerprint density at radius 1 is 1.10 bits per heavy atom. The fourth-order valence-corrected chi connectivity index (χ4v) is 4.85. The average molecular weight is 431 g/mol. The third kappa shape index (κ3) is 4.51. The van der Waals surface area contributed by atoms with Crippen molar-refractivity contribution in [1.82, 2.24) is 15.0 Å². The number of ketones is 1. The van der Waals surface area contributed by atoms with Gasteiger partial charge in [0.1, 0.15) is 0 Å². The summed E-state index contributed by atoms with van der Waals surface area (Å²) in [7, 11) is 0. The average Bonchev–Trinajstić information content (AvgIpc) is 3.34. The Balaban J connectivity index is 1.42. The Morgan fingerprint density at radius 2 is 1.90 bits per heavy atom. The molecule has 7 heteroatoms. The first-order valence-electron chi connectivity index (χ1n) is 9.38. The van der Waals surface area contributed by atoms with Crippen LogP contribution >= 0.6 is 22.7 Å². The lowest BCUT2D eigenvalue weighted by atomic mass is 10.0. The van der Waals surface area contributed by atoms with Crippen LogP contribution in [0.25, 0.3) is 10.6 Å². The van der Waals surface area contributed by atoms with E-state index >= 15 is 0 Å². The number of hydrogen-bond donors (Lipinski definition) is 0. The van der Waals surface area contributed by atoms with Gasteiger partial charge < -0.3 is 0 Å². The first-order chi connectivity index (χ1) is 14.5. The summed E-state index contributed by atoms with van der Waals surface area (Å²) < 4.78 is 0. The van der Waals surface area contributed by atoms with Gasteiger partial charge in [0.25, 0.3) is 0 Å². The number of thiazole rings is 2. The summed E-state index contributed by atoms with van der Waals surface area (Å²) in [5, 5.41) is 12.9. The van der Waals surface area contributed by atoms with Crippen molar-refractivity contribution in [2.75, 3.05) is 0 Å². The van der Waals surface area contributed by atoms with Gasteiger partial charge in [-0.15, -0.1) is 22.7 Å². The summed E-state index contributed by atoms with van der Waals surface area (Å²) in [6.45, 7) is 4.01. The number of nitriles is 1. The SMILES string of the molecule is Cc1nc(C)c(-c2csc(Cc3ccc(C(=O)Cc4ccc(C#N)cc4)cn3)n2)s1. The molecule has 0 amide bonds. The predicted octanol–water partition coefficient (Wildman–Crippen LogP) is 5.17. The number of carbonyl (C=O) groups excluding carboxylic acids is 1. The molecule has 30 heavy (non-hydrogen) atoms. The fraction of sp³-hybridized carbons (Fsp3) is 0.174. The molecule has 3 heterocycles. The number of carbonyl (C=O) groups is 1. The van der Waals surface area contributed by atoms with Gasteiger partial charge in [-0.1, -0.05) is 12.1 Å². The zero-order valence-electron chi connectivity index (χ0n) is 16.5. The van der Waals surface area contributed by atoms with Gasteiger partial charge in [0.2, 0.25) is 0 Å². The molecule has 4 rings (SSSR count). The summed E-state index contributed by atoms with van der Waals surface area (Å²) in [4.78, 5) is 27.3. The molecular weight excluding hydrogens is 412 g/mol. The topological polar surface area (TPSA) is 79.5 Å². The highest BCUT2D eigenvalue weighted by atomic mass is 32.1. The van der Waals surface area contributed by atoms with E-state index in [1.807, 2.05) is 38.1 Å². The largest absolute Gasteiger partial charge is 0.294 e. The summed E-state index contributed by atoms with van der Waals surface area (Å²) >= 11 is 3.27. The number of aromatic nitrogens is 3. The zero-order chi connectivity index (χ0) is 21.1. The van der Waals surface area contributed by atoms with Crippen LogP contribution in [0.3, 0.4) is 0 Å². The van der Waals surface area contributed by atoms with Gasteiger partial charge in [0, 0.05) is 35.7 Å². The lowest BCUT2D eigenvalue weighted by Crippen LogP contribution is -2.05. The summed E-state index contributed by atoms with van der Waals surface area (Å²) in [5.41, 5.74) is 4.90. The minimum Gasteiger partial charge on any atom is -0.294 e. The Hall–Kier alpha value is -3.21. The van der Waals surface area contributed by atoms with Crippen molar-refractivity contribution < 1.29 is 4.79 Å². The standard InChI is InChI=1S/C23H18N4OS2/c1-14-23(30-15(2)26-14)20-13-29-22(27-20)10-19-8-7-18(12-25-19)21(28)9-16-3-5-17(11-24)6-4-16/h3-8,12-13H,9-10H2,1-2H3. The lowest BCUT2D eigenvalue weighted by molar-refractivity contribution is 0.0992. The van der Waals surface area contributed by atoms with Crippen molar-refractivity contribution in [3.05, 3.63) is 86.1 Å². The molecule has 3 aromatic heterocycles. The van der Waals surface area contributed by atoms with Crippen molar-refractivity contribution in [2.24, 2.45) is 0 Å². The van der Waals surface area contributed by atoms with Gasteiger partial charge >= 0.3 is 0 Å². The smallest absolute Gasteiger partial charge is 0.168 e. The van der Waals surface area contributed by atoms with E-state index in [-0.39, 0.29) is 12.2 Å². The molecule has 0 bridgehead atoms. The van der Waals surface area contributed by atoms with Crippen LogP contribution in [0.2, 0.25) is 0 Å². The van der Waals surface area contributed by atoms with Crippen molar-refractivity contribution in [3.8, 4) is 16.6 Å². The maximum absolute atomic E-state index is 12.5. The van der Waals surface area contributed by atoms with Gasteiger partial charge in [-0.25, -0.2) is 9.97 Å². The molecule has 1 aromatic carbocycles. The van der Waals surface area contributed by atoms with E-state index < -0.39 is 0 Å². The van der Waals surface area contributed by atoms with Crippen LogP contribution in [0.4, 0.5) is 0 Å². The van der Waals surface area contributed by atoms with Crippen LogP contribution in [-0.2, 0) is 12.8 Å². The molecule has 148 valence electrons. The zero-order valence-corrected chi connectivity index (χ0v) is 18.2. The number of benzene rings is 1. The van der Waals surface area contributed by atoms with Gasteiger partial charge in [-0.05, 0) is 43.7 Å². The monoisotopic (exact) mass is 430 g/mol. The molecule has 0 aliphatic rings. The van der Waals surface area contributed by atoms with Gasteiger partial charge in [-0.2, -0.15) is 5.26 Å². The van der Waals surface area contributed by atoms with E-state index in [4.69, 9.17) is 10.2 Å². The number of hydrogen-bond acceptors (Lipinski definition) is 7. The summed E-state index contributed by atoms with van der Waals surface area (Å²) in [5.74, 6) is 0.00586. The van der Waals surface area contributed by atoms with E-state index in [1.165, 1.54) is 0 Å². The van der Waals surface area contributed by atoms with E-state index in [1.54, 1.807) is 41.0 Å². The summed E-state index contributed by atoms with van der Waals surface area (Å²) in [6, 6.07) is 12.8. The molecular formula is C23H18N4OS2. The Morgan fingerprint density at radius 3 is 2.53 bits per heavy atom. The number of aryl methyl sites for hydroxylation is 2. The minimum absolute atomic E-state index is 0.00586. The van der Waals surface area contributed by atoms with Crippen molar-refractivity contribution in [1.29, 1.82) is 5.26 Å². The normalized spacial score (nSPS) is 10.7. The number of nitrogens with zero attached hydrogens (tertiary/aromatic N) is 4. The molecule has 0 N–H and O–H groups in total. The van der Waals surface area contributed by atoms with Crippen LogP contribution in [0, 0.1) is 25.2 Å². The Bertz CT molecular complexity index is 1230. The highest BCUT2D eigenvalue weighted by Crippen LogP contribution is 2.31. The number of pyridine rings is 1. The first-order valence-corrected chi connectivity index (χ1v) is 11.1. The molecule has 0 fully saturated rings. The number of Topliss-reactive ketones (excluding diaryl/α,β-unsaturated/α-hetero) is 1. The molecule has 0 aliphatic heterocycles. The highest BCUT2D eigenvalue weighted by molar-refractivity contribution is 7.15. The second-order valence-electron chi connectivity index (χ2n) is 6.90. The first kappa shape index (κ1) is 20.1. The lowest BCUT2D eigenvalue weighted by Gasteiger charge is -2.03. The van der Waals surface area contributed by atoms with Gasteiger partial charge in [0.05, 0.1) is 37.9 Å². The molecule has 0 saturated carbocycles. The molecule has 5 nitrogen and oxygen atoms in total. The third-order valence-electron chi connectivity index (χ3n) is 4.61. The minimum atomic E-state index is 0.00586. The highest BCUT2D eigenvalue weighted by Gasteiger charge is 2.13. The van der Waals surface area contributed by atoms with Crippen LogP contribution < -0.4 is 0 Å². The Kier molecular flexibility index (Phi) is 5.79. The quantitative estimate of drug-likeness (QED) is 0.395. The molecule has 0 spiro atoms. The summed E-state index contributed by atoms with van der Waals surface area (Å²) in [6.07, 6.45) is 2.55. The maximum Gasteiger partial charge on any atom is 0.168 e. The van der Waals surface area contributed by atoms with Crippen LogP contribution in [-0.4, -0.2) is 20.7 Å². The van der Waals surface area contributed by atoms with E-state index in [9.17, 15) is 4.79 Å². The van der Waals surface area contributed by atoms with Gasteiger partial charge in [0.15, 0.2) is 5.78 Å². The van der Waals surface area contributed by atoms with Crippen molar-refractivity contribution in [3.63, 3.8) is 0 Å². The van der Waals surface area contributed by atoms with E-state index in [0.717, 1.165) is 37.5 Å². The second kappa shape index (κ2) is 8.66.